The maximum atomic E-state index is 11.2. The second kappa shape index (κ2) is 11.9. The number of hydrogen-bond donors (Lipinski definition) is 4. The molecule has 0 saturated heterocycles. The third-order valence-corrected chi connectivity index (χ3v) is 3.20. The molecule has 5 N–H and O–H groups in total. The number of amides is 1. The Morgan fingerprint density at radius 1 is 1.15 bits per heavy atom. The van der Waals surface area contributed by atoms with Crippen molar-refractivity contribution >= 4 is 18.0 Å². The molecule has 2 atom stereocenters. The number of carbonyl (C=O) groups is 3. The van der Waals surface area contributed by atoms with Crippen LogP contribution < -0.4 is 11.1 Å². The first-order valence-corrected chi connectivity index (χ1v) is 8.71. The Balaban J connectivity index is 0.000000533. The summed E-state index contributed by atoms with van der Waals surface area (Å²) in [6.45, 7) is 6.99. The second-order valence-corrected chi connectivity index (χ2v) is 6.94. The first kappa shape index (κ1) is 24.4. The van der Waals surface area contributed by atoms with Gasteiger partial charge in [-0.1, -0.05) is 43.7 Å². The lowest BCUT2D eigenvalue weighted by Gasteiger charge is -2.21. The average molecular weight is 382 g/mol. The van der Waals surface area contributed by atoms with Crippen molar-refractivity contribution in [3.8, 4) is 0 Å². The predicted octanol–water partition coefficient (Wildman–Crippen LogP) is 2.93. The van der Waals surface area contributed by atoms with Crippen molar-refractivity contribution in [2.45, 2.75) is 64.6 Å². The number of benzene rings is 1. The molecule has 0 aliphatic heterocycles. The molecular formula is C19H30N2O6. The number of nitrogens with one attached hydrogen (secondary N) is 1. The summed E-state index contributed by atoms with van der Waals surface area (Å²) in [6.07, 6.45) is 0.565. The Morgan fingerprint density at radius 3 is 2.11 bits per heavy atom. The molecule has 0 spiro atoms. The van der Waals surface area contributed by atoms with Gasteiger partial charge in [0.2, 0.25) is 0 Å². The van der Waals surface area contributed by atoms with E-state index in [9.17, 15) is 14.4 Å². The minimum atomic E-state index is -1.49. The summed E-state index contributed by atoms with van der Waals surface area (Å²) >= 11 is 0. The molecule has 1 amide bonds. The van der Waals surface area contributed by atoms with Crippen LogP contribution >= 0.6 is 0 Å². The Bertz CT molecular complexity index is 598. The van der Waals surface area contributed by atoms with Gasteiger partial charge in [-0.2, -0.15) is 0 Å². The van der Waals surface area contributed by atoms with Crippen molar-refractivity contribution in [2.24, 2.45) is 5.73 Å². The van der Waals surface area contributed by atoms with E-state index in [0.29, 0.717) is 0 Å². The van der Waals surface area contributed by atoms with Gasteiger partial charge < -0.3 is 26.0 Å². The summed E-state index contributed by atoms with van der Waals surface area (Å²) in [6, 6.07) is 8.98. The number of carbonyl (C=O) groups excluding carboxylic acids is 1. The minimum Gasteiger partial charge on any atom is -0.481 e. The van der Waals surface area contributed by atoms with E-state index in [0.717, 1.165) is 12.8 Å². The molecule has 1 aromatic rings. The molecule has 8 heteroatoms. The SMILES string of the molecule is CC(C)(C)OC(=O)N[C@@H](CC(=O)O)C(=O)O.CCCC(N)c1ccccc1. The fourth-order valence-electron chi connectivity index (χ4n) is 2.00. The molecule has 1 unspecified atom stereocenters. The number of rotatable bonds is 7. The van der Waals surface area contributed by atoms with Crippen molar-refractivity contribution in [1.82, 2.24) is 5.32 Å². The Kier molecular flexibility index (Phi) is 10.7. The van der Waals surface area contributed by atoms with E-state index in [1.807, 2.05) is 23.5 Å². The van der Waals surface area contributed by atoms with Gasteiger partial charge in [0.25, 0.3) is 0 Å². The highest BCUT2D eigenvalue weighted by Gasteiger charge is 2.25. The number of nitrogens with two attached hydrogens (primary N) is 1. The van der Waals surface area contributed by atoms with Crippen molar-refractivity contribution in [1.29, 1.82) is 0 Å². The van der Waals surface area contributed by atoms with E-state index in [-0.39, 0.29) is 6.04 Å². The number of alkyl carbamates (subject to hydrolysis) is 1. The summed E-state index contributed by atoms with van der Waals surface area (Å²) in [5.74, 6) is -2.74. The van der Waals surface area contributed by atoms with Crippen molar-refractivity contribution in [2.75, 3.05) is 0 Å². The van der Waals surface area contributed by atoms with Gasteiger partial charge in [-0.3, -0.25) is 4.79 Å². The lowest BCUT2D eigenvalue weighted by atomic mass is 10.0. The smallest absolute Gasteiger partial charge is 0.408 e. The van der Waals surface area contributed by atoms with Gasteiger partial charge in [0.1, 0.15) is 11.6 Å². The first-order valence-electron chi connectivity index (χ1n) is 8.71. The molecule has 1 rings (SSSR count). The normalized spacial score (nSPS) is 12.8. The minimum absolute atomic E-state index is 0.223. The zero-order valence-electron chi connectivity index (χ0n) is 16.3. The van der Waals surface area contributed by atoms with Crippen LogP contribution in [-0.2, 0) is 14.3 Å². The topological polar surface area (TPSA) is 139 Å². The third-order valence-electron chi connectivity index (χ3n) is 3.20. The molecule has 0 aliphatic rings. The van der Waals surface area contributed by atoms with Crippen molar-refractivity contribution in [3.05, 3.63) is 35.9 Å². The number of hydrogen-bond acceptors (Lipinski definition) is 5. The van der Waals surface area contributed by atoms with Crippen LogP contribution in [0.15, 0.2) is 30.3 Å². The highest BCUT2D eigenvalue weighted by molar-refractivity contribution is 5.84. The summed E-state index contributed by atoms with van der Waals surface area (Å²) in [7, 11) is 0. The van der Waals surface area contributed by atoms with Crippen LogP contribution in [0.4, 0.5) is 4.79 Å². The molecule has 27 heavy (non-hydrogen) atoms. The number of carboxylic acid groups (broad SMARTS) is 2. The molecule has 1 aromatic carbocycles. The highest BCUT2D eigenvalue weighted by atomic mass is 16.6. The van der Waals surface area contributed by atoms with E-state index < -0.39 is 36.1 Å². The average Bonchev–Trinajstić information content (AvgIpc) is 2.53. The fourth-order valence-corrected chi connectivity index (χ4v) is 2.00. The van der Waals surface area contributed by atoms with E-state index in [1.165, 1.54) is 5.56 Å². The lowest BCUT2D eigenvalue weighted by molar-refractivity contribution is -0.145. The number of ether oxygens (including phenoxy) is 1. The molecule has 152 valence electrons. The Hall–Kier alpha value is -2.61. The van der Waals surface area contributed by atoms with Crippen LogP contribution in [0, 0.1) is 0 Å². The van der Waals surface area contributed by atoms with Crippen LogP contribution in [0.25, 0.3) is 0 Å². The highest BCUT2D eigenvalue weighted by Crippen LogP contribution is 2.14. The molecule has 0 heterocycles. The predicted molar refractivity (Wildman–Crippen MR) is 101 cm³/mol. The summed E-state index contributed by atoms with van der Waals surface area (Å²) in [5, 5.41) is 19.0. The maximum absolute atomic E-state index is 11.2. The number of carboxylic acids is 2. The zero-order chi connectivity index (χ0) is 21.0. The van der Waals surface area contributed by atoms with Gasteiger partial charge in [-0.25, -0.2) is 9.59 Å². The van der Waals surface area contributed by atoms with Crippen LogP contribution in [-0.4, -0.2) is 39.9 Å². The number of aliphatic carboxylic acids is 2. The van der Waals surface area contributed by atoms with Crippen LogP contribution in [0.5, 0.6) is 0 Å². The Morgan fingerprint density at radius 2 is 1.70 bits per heavy atom. The quantitative estimate of drug-likeness (QED) is 0.568. The van der Waals surface area contributed by atoms with Crippen molar-refractivity contribution in [3.63, 3.8) is 0 Å². The zero-order valence-corrected chi connectivity index (χ0v) is 16.3. The first-order chi connectivity index (χ1) is 12.5. The second-order valence-electron chi connectivity index (χ2n) is 6.94. The van der Waals surface area contributed by atoms with Crippen LogP contribution in [0.1, 0.15) is 58.6 Å². The maximum Gasteiger partial charge on any atom is 0.408 e. The lowest BCUT2D eigenvalue weighted by Crippen LogP contribution is -2.44. The monoisotopic (exact) mass is 382 g/mol. The molecule has 0 aliphatic carbocycles. The Labute approximate surface area is 159 Å². The van der Waals surface area contributed by atoms with Crippen LogP contribution in [0.2, 0.25) is 0 Å². The van der Waals surface area contributed by atoms with E-state index >= 15 is 0 Å². The summed E-state index contributed by atoms with van der Waals surface area (Å²) in [4.78, 5) is 32.1. The molecule has 0 radical (unpaired) electrons. The van der Waals surface area contributed by atoms with E-state index in [2.05, 4.69) is 19.1 Å². The largest absolute Gasteiger partial charge is 0.481 e. The molecule has 0 saturated carbocycles. The third kappa shape index (κ3) is 12.4. The van der Waals surface area contributed by atoms with Gasteiger partial charge >= 0.3 is 18.0 Å². The van der Waals surface area contributed by atoms with Crippen molar-refractivity contribution < 1.29 is 29.3 Å². The summed E-state index contributed by atoms with van der Waals surface area (Å²) < 4.78 is 4.79. The van der Waals surface area contributed by atoms with Crippen LogP contribution in [0.3, 0.4) is 0 Å². The van der Waals surface area contributed by atoms with Gasteiger partial charge in [-0.05, 0) is 32.8 Å². The van der Waals surface area contributed by atoms with Gasteiger partial charge in [-0.15, -0.1) is 0 Å². The van der Waals surface area contributed by atoms with Gasteiger partial charge in [0.15, 0.2) is 0 Å². The standard InChI is InChI=1S/C10H15N.C9H15NO6/c1-2-6-10(11)9-7-4-3-5-8-9;1-9(2,3)16-8(15)10-5(7(13)14)4-6(11)12/h3-5,7-8,10H,2,6,11H2,1H3;5H,4H2,1-3H3,(H,10,15)(H,11,12)(H,13,14)/t;5-/m.0/s1. The molecule has 0 bridgehead atoms. The molecule has 0 aromatic heterocycles. The fraction of sp³-hybridized carbons (Fsp3) is 0.526. The van der Waals surface area contributed by atoms with Gasteiger partial charge in [0, 0.05) is 6.04 Å². The molecular weight excluding hydrogens is 352 g/mol. The molecule has 8 nitrogen and oxygen atoms in total. The van der Waals surface area contributed by atoms with E-state index in [4.69, 9.17) is 20.7 Å². The van der Waals surface area contributed by atoms with E-state index in [1.54, 1.807) is 20.8 Å². The summed E-state index contributed by atoms with van der Waals surface area (Å²) in [5.41, 5.74) is 6.38. The molecule has 0 fully saturated rings. The van der Waals surface area contributed by atoms with Gasteiger partial charge in [0.05, 0.1) is 6.42 Å².